The van der Waals surface area contributed by atoms with Crippen LogP contribution >= 0.6 is 0 Å². The zero-order valence-corrected chi connectivity index (χ0v) is 16.9. The van der Waals surface area contributed by atoms with E-state index in [2.05, 4.69) is 10.6 Å². The van der Waals surface area contributed by atoms with Crippen molar-refractivity contribution in [3.05, 3.63) is 35.4 Å². The third-order valence-electron chi connectivity index (χ3n) is 5.76. The summed E-state index contributed by atoms with van der Waals surface area (Å²) >= 11 is 0. The molecular weight excluding hydrogens is 354 g/mol. The number of hydrogen-bond acceptors (Lipinski definition) is 3. The van der Waals surface area contributed by atoms with Gasteiger partial charge >= 0.3 is 0 Å². The average Bonchev–Trinajstić information content (AvgIpc) is 3.55. The number of nitrogens with one attached hydrogen (secondary N) is 2. The Labute approximate surface area is 167 Å². The van der Waals surface area contributed by atoms with Crippen LogP contribution in [0.2, 0.25) is 0 Å². The van der Waals surface area contributed by atoms with Gasteiger partial charge in [0.1, 0.15) is 6.04 Å². The first kappa shape index (κ1) is 20.4. The summed E-state index contributed by atoms with van der Waals surface area (Å²) in [7, 11) is 0. The third kappa shape index (κ3) is 4.91. The van der Waals surface area contributed by atoms with Gasteiger partial charge in [-0.25, -0.2) is 0 Å². The second-order valence-corrected chi connectivity index (χ2v) is 7.99. The molecule has 0 bridgehead atoms. The minimum atomic E-state index is -0.572. The lowest BCUT2D eigenvalue weighted by atomic mass is 9.88. The fourth-order valence-corrected chi connectivity index (χ4v) is 3.84. The summed E-state index contributed by atoms with van der Waals surface area (Å²) in [5.41, 5.74) is 1.48. The van der Waals surface area contributed by atoms with Crippen molar-refractivity contribution in [1.82, 2.24) is 15.5 Å². The monoisotopic (exact) mass is 385 g/mol. The van der Waals surface area contributed by atoms with Crippen LogP contribution in [-0.2, 0) is 9.59 Å². The van der Waals surface area contributed by atoms with E-state index >= 15 is 0 Å². The van der Waals surface area contributed by atoms with Gasteiger partial charge in [0.05, 0.1) is 0 Å². The predicted molar refractivity (Wildman–Crippen MR) is 108 cm³/mol. The Kier molecular flexibility index (Phi) is 6.70. The van der Waals surface area contributed by atoms with Crippen molar-refractivity contribution in [2.45, 2.75) is 52.0 Å². The van der Waals surface area contributed by atoms with E-state index in [-0.39, 0.29) is 29.6 Å². The van der Waals surface area contributed by atoms with Gasteiger partial charge in [-0.3, -0.25) is 14.4 Å². The molecule has 1 atom stereocenters. The summed E-state index contributed by atoms with van der Waals surface area (Å²) < 4.78 is 0. The maximum Gasteiger partial charge on any atom is 0.252 e. The number of hydrogen-bond donors (Lipinski definition) is 2. The lowest BCUT2D eigenvalue weighted by molar-refractivity contribution is -0.134. The van der Waals surface area contributed by atoms with E-state index < -0.39 is 6.04 Å². The van der Waals surface area contributed by atoms with Crippen LogP contribution in [0.4, 0.5) is 0 Å². The molecule has 152 valence electrons. The van der Waals surface area contributed by atoms with Gasteiger partial charge in [0.2, 0.25) is 11.8 Å². The molecule has 6 heteroatoms. The molecule has 1 aromatic carbocycles. The minimum absolute atomic E-state index is 0.0353. The Balaban J connectivity index is 1.67. The second-order valence-electron chi connectivity index (χ2n) is 7.99. The number of amides is 3. The minimum Gasteiger partial charge on any atom is -0.354 e. The first-order valence-corrected chi connectivity index (χ1v) is 10.4. The fourth-order valence-electron chi connectivity index (χ4n) is 3.84. The van der Waals surface area contributed by atoms with Gasteiger partial charge in [-0.05, 0) is 56.6 Å². The number of rotatable bonds is 7. The van der Waals surface area contributed by atoms with Crippen LogP contribution < -0.4 is 10.6 Å². The van der Waals surface area contributed by atoms with E-state index in [1.807, 2.05) is 36.9 Å². The zero-order valence-electron chi connectivity index (χ0n) is 16.9. The topological polar surface area (TPSA) is 78.5 Å². The quantitative estimate of drug-likeness (QED) is 0.756. The van der Waals surface area contributed by atoms with Crippen molar-refractivity contribution in [2.24, 2.45) is 11.8 Å². The number of aryl methyl sites for hydroxylation is 1. The predicted octanol–water partition coefficient (Wildman–Crippen LogP) is 2.27. The van der Waals surface area contributed by atoms with Crippen molar-refractivity contribution in [3.63, 3.8) is 0 Å². The molecule has 2 N–H and O–H groups in total. The summed E-state index contributed by atoms with van der Waals surface area (Å²) in [5.74, 6) is 0.172. The van der Waals surface area contributed by atoms with E-state index in [1.54, 1.807) is 6.07 Å². The van der Waals surface area contributed by atoms with Crippen LogP contribution in [0.1, 0.15) is 54.9 Å². The number of likely N-dealkylation sites (tertiary alicyclic amines) is 1. The number of benzene rings is 1. The Hall–Kier alpha value is -2.37. The molecule has 0 unspecified atom stereocenters. The SMILES string of the molecule is CCCNC(=O)[C@@H](NC(=O)c1ccccc1C)C1CCN(C(=O)C2CC2)CC1. The lowest BCUT2D eigenvalue weighted by Crippen LogP contribution is -2.54. The van der Waals surface area contributed by atoms with E-state index in [0.717, 1.165) is 37.7 Å². The molecule has 2 fully saturated rings. The van der Waals surface area contributed by atoms with Crippen LogP contribution in [0.5, 0.6) is 0 Å². The molecule has 28 heavy (non-hydrogen) atoms. The van der Waals surface area contributed by atoms with Crippen LogP contribution in [0.25, 0.3) is 0 Å². The van der Waals surface area contributed by atoms with E-state index in [1.165, 1.54) is 0 Å². The highest BCUT2D eigenvalue weighted by molar-refractivity contribution is 5.98. The van der Waals surface area contributed by atoms with E-state index in [9.17, 15) is 14.4 Å². The van der Waals surface area contributed by atoms with Gasteiger partial charge in [-0.2, -0.15) is 0 Å². The van der Waals surface area contributed by atoms with Crippen LogP contribution in [0, 0.1) is 18.8 Å². The fraction of sp³-hybridized carbons (Fsp3) is 0.591. The van der Waals surface area contributed by atoms with Crippen molar-refractivity contribution >= 4 is 17.7 Å². The highest BCUT2D eigenvalue weighted by Gasteiger charge is 2.38. The summed E-state index contributed by atoms with van der Waals surface area (Å²) in [4.78, 5) is 39.8. The highest BCUT2D eigenvalue weighted by atomic mass is 16.2. The summed E-state index contributed by atoms with van der Waals surface area (Å²) in [6, 6.07) is 6.82. The normalized spacial score (nSPS) is 18.4. The Morgan fingerprint density at radius 2 is 1.79 bits per heavy atom. The standard InChI is InChI=1S/C22H31N3O3/c1-3-12-23-21(27)19(24-20(26)18-7-5-4-6-15(18)2)16-10-13-25(14-11-16)22(28)17-8-9-17/h4-7,16-17,19H,3,8-14H2,1-2H3,(H,23,27)(H,24,26)/t19-/m0/s1. The van der Waals surface area contributed by atoms with Gasteiger partial charge in [-0.15, -0.1) is 0 Å². The number of carbonyl (C=O) groups excluding carboxylic acids is 3. The molecule has 1 heterocycles. The largest absolute Gasteiger partial charge is 0.354 e. The first-order chi connectivity index (χ1) is 13.5. The van der Waals surface area contributed by atoms with Gasteiger partial charge in [0, 0.05) is 31.1 Å². The van der Waals surface area contributed by atoms with Gasteiger partial charge in [0.25, 0.3) is 5.91 Å². The van der Waals surface area contributed by atoms with Crippen LogP contribution in [0.15, 0.2) is 24.3 Å². The number of carbonyl (C=O) groups is 3. The van der Waals surface area contributed by atoms with Crippen LogP contribution in [0.3, 0.4) is 0 Å². The molecule has 6 nitrogen and oxygen atoms in total. The molecule has 0 radical (unpaired) electrons. The van der Waals surface area contributed by atoms with E-state index in [4.69, 9.17) is 0 Å². The summed E-state index contributed by atoms with van der Waals surface area (Å²) in [6.07, 6.45) is 4.33. The summed E-state index contributed by atoms with van der Waals surface area (Å²) in [5, 5.41) is 5.91. The molecule has 1 aromatic rings. The van der Waals surface area contributed by atoms with Crippen molar-refractivity contribution in [1.29, 1.82) is 0 Å². The lowest BCUT2D eigenvalue weighted by Gasteiger charge is -2.36. The maximum absolute atomic E-state index is 12.8. The zero-order chi connectivity index (χ0) is 20.1. The Morgan fingerprint density at radius 1 is 1.11 bits per heavy atom. The number of piperidine rings is 1. The molecule has 3 rings (SSSR count). The van der Waals surface area contributed by atoms with Crippen LogP contribution in [-0.4, -0.2) is 48.3 Å². The molecule has 1 aliphatic carbocycles. The van der Waals surface area contributed by atoms with Gasteiger partial charge in [-0.1, -0.05) is 25.1 Å². The average molecular weight is 386 g/mol. The third-order valence-corrected chi connectivity index (χ3v) is 5.76. The smallest absolute Gasteiger partial charge is 0.252 e. The van der Waals surface area contributed by atoms with Crippen molar-refractivity contribution < 1.29 is 14.4 Å². The van der Waals surface area contributed by atoms with Gasteiger partial charge in [0.15, 0.2) is 0 Å². The molecule has 1 saturated heterocycles. The Morgan fingerprint density at radius 3 is 2.39 bits per heavy atom. The second kappa shape index (κ2) is 9.22. The number of nitrogens with zero attached hydrogens (tertiary/aromatic N) is 1. The van der Waals surface area contributed by atoms with E-state index in [0.29, 0.717) is 25.2 Å². The molecule has 3 amide bonds. The van der Waals surface area contributed by atoms with Gasteiger partial charge < -0.3 is 15.5 Å². The maximum atomic E-state index is 12.8. The van der Waals surface area contributed by atoms with Crippen molar-refractivity contribution in [3.8, 4) is 0 Å². The molecule has 0 spiro atoms. The molecule has 1 saturated carbocycles. The molecule has 0 aromatic heterocycles. The molecular formula is C22H31N3O3. The summed E-state index contributed by atoms with van der Waals surface area (Å²) in [6.45, 7) is 5.82. The Bertz CT molecular complexity index is 721. The molecule has 1 aliphatic heterocycles. The van der Waals surface area contributed by atoms with Crippen molar-refractivity contribution in [2.75, 3.05) is 19.6 Å². The first-order valence-electron chi connectivity index (χ1n) is 10.4. The molecule has 2 aliphatic rings. The highest BCUT2D eigenvalue weighted by Crippen LogP contribution is 2.33.